The van der Waals surface area contributed by atoms with Crippen LogP contribution in [0.4, 0.5) is 10.5 Å². The standard InChI is InChI=1S/C17H22N4O3/c1-3-16-18-9-12(10-19-16)20-17(22)21-8-4-5-14(21)15-7-6-13(24-15)11-23-2/h6-7,9-10,14H,3-5,8,11H2,1-2H3,(H,20,22). The summed E-state index contributed by atoms with van der Waals surface area (Å²) in [6.45, 7) is 3.12. The van der Waals surface area contributed by atoms with Crippen molar-refractivity contribution in [2.75, 3.05) is 19.0 Å². The van der Waals surface area contributed by atoms with Gasteiger partial charge in [-0.3, -0.25) is 0 Å². The molecule has 0 spiro atoms. The van der Waals surface area contributed by atoms with Gasteiger partial charge in [0.15, 0.2) is 0 Å². The Morgan fingerprint density at radius 1 is 1.42 bits per heavy atom. The lowest BCUT2D eigenvalue weighted by Crippen LogP contribution is -2.34. The van der Waals surface area contributed by atoms with Gasteiger partial charge in [0.05, 0.1) is 24.1 Å². The molecule has 1 atom stereocenters. The van der Waals surface area contributed by atoms with Gasteiger partial charge in [-0.25, -0.2) is 14.8 Å². The summed E-state index contributed by atoms with van der Waals surface area (Å²) in [6.07, 6.45) is 5.88. The number of nitrogens with zero attached hydrogens (tertiary/aromatic N) is 3. The number of urea groups is 1. The molecule has 24 heavy (non-hydrogen) atoms. The summed E-state index contributed by atoms with van der Waals surface area (Å²) in [5.74, 6) is 2.32. The molecule has 0 aliphatic carbocycles. The molecule has 3 rings (SSSR count). The molecule has 1 fully saturated rings. The second kappa shape index (κ2) is 7.44. The summed E-state index contributed by atoms with van der Waals surface area (Å²) in [7, 11) is 1.63. The lowest BCUT2D eigenvalue weighted by molar-refractivity contribution is 0.157. The van der Waals surface area contributed by atoms with Crippen LogP contribution in [-0.4, -0.2) is 34.6 Å². The van der Waals surface area contributed by atoms with E-state index in [0.29, 0.717) is 18.8 Å². The summed E-state index contributed by atoms with van der Waals surface area (Å²) in [6, 6.07) is 3.61. The van der Waals surface area contributed by atoms with E-state index < -0.39 is 0 Å². The van der Waals surface area contributed by atoms with E-state index >= 15 is 0 Å². The van der Waals surface area contributed by atoms with Crippen molar-refractivity contribution in [3.05, 3.63) is 41.9 Å². The van der Waals surface area contributed by atoms with E-state index in [1.165, 1.54) is 0 Å². The van der Waals surface area contributed by atoms with Crippen molar-refractivity contribution in [2.45, 2.75) is 38.8 Å². The Kier molecular flexibility index (Phi) is 5.10. The van der Waals surface area contributed by atoms with Crippen molar-refractivity contribution < 1.29 is 13.9 Å². The molecule has 7 nitrogen and oxygen atoms in total. The van der Waals surface area contributed by atoms with Gasteiger partial charge in [-0.15, -0.1) is 0 Å². The number of furan rings is 1. The Morgan fingerprint density at radius 3 is 2.92 bits per heavy atom. The van der Waals surface area contributed by atoms with Crippen LogP contribution in [0.2, 0.25) is 0 Å². The zero-order valence-corrected chi connectivity index (χ0v) is 14.0. The molecule has 0 bridgehead atoms. The van der Waals surface area contributed by atoms with E-state index in [4.69, 9.17) is 9.15 Å². The molecule has 128 valence electrons. The van der Waals surface area contributed by atoms with E-state index in [0.717, 1.165) is 36.6 Å². The average Bonchev–Trinajstić information content (AvgIpc) is 3.24. The summed E-state index contributed by atoms with van der Waals surface area (Å²) >= 11 is 0. The molecule has 1 saturated heterocycles. The number of hydrogen-bond acceptors (Lipinski definition) is 5. The number of ether oxygens (including phenoxy) is 1. The molecule has 0 aromatic carbocycles. The molecular weight excluding hydrogens is 308 g/mol. The van der Waals surface area contributed by atoms with Crippen LogP contribution >= 0.6 is 0 Å². The lowest BCUT2D eigenvalue weighted by atomic mass is 10.2. The first kappa shape index (κ1) is 16.4. The lowest BCUT2D eigenvalue weighted by Gasteiger charge is -2.23. The highest BCUT2D eigenvalue weighted by Crippen LogP contribution is 2.33. The van der Waals surface area contributed by atoms with Crippen LogP contribution in [0.5, 0.6) is 0 Å². The van der Waals surface area contributed by atoms with E-state index in [-0.39, 0.29) is 12.1 Å². The fraction of sp³-hybridized carbons (Fsp3) is 0.471. The Morgan fingerprint density at radius 2 is 2.21 bits per heavy atom. The number of likely N-dealkylation sites (tertiary alicyclic amines) is 1. The van der Waals surface area contributed by atoms with E-state index in [1.807, 2.05) is 19.1 Å². The van der Waals surface area contributed by atoms with Crippen LogP contribution in [0.1, 0.15) is 43.2 Å². The maximum absolute atomic E-state index is 12.6. The Labute approximate surface area is 141 Å². The first-order chi connectivity index (χ1) is 11.7. The Balaban J connectivity index is 1.68. The topological polar surface area (TPSA) is 80.5 Å². The normalized spacial score (nSPS) is 17.2. The molecule has 2 aromatic rings. The largest absolute Gasteiger partial charge is 0.461 e. The van der Waals surface area contributed by atoms with Crippen molar-refractivity contribution in [3.63, 3.8) is 0 Å². The highest BCUT2D eigenvalue weighted by atomic mass is 16.5. The van der Waals surface area contributed by atoms with Crippen LogP contribution in [0.25, 0.3) is 0 Å². The van der Waals surface area contributed by atoms with Crippen LogP contribution in [0.3, 0.4) is 0 Å². The number of nitrogens with one attached hydrogen (secondary N) is 1. The molecule has 1 aliphatic rings. The molecular formula is C17H22N4O3. The van der Waals surface area contributed by atoms with Gasteiger partial charge in [0, 0.05) is 20.1 Å². The smallest absolute Gasteiger partial charge is 0.322 e. The van der Waals surface area contributed by atoms with Gasteiger partial charge in [-0.2, -0.15) is 0 Å². The minimum absolute atomic E-state index is 0.0496. The minimum atomic E-state index is -0.157. The van der Waals surface area contributed by atoms with Gasteiger partial charge < -0.3 is 19.4 Å². The number of rotatable bonds is 5. The Hall–Kier alpha value is -2.41. The van der Waals surface area contributed by atoms with Gasteiger partial charge in [-0.1, -0.05) is 6.92 Å². The second-order valence-electron chi connectivity index (χ2n) is 5.76. The molecule has 1 unspecified atom stereocenters. The highest BCUT2D eigenvalue weighted by molar-refractivity contribution is 5.89. The van der Waals surface area contributed by atoms with Crippen molar-refractivity contribution in [3.8, 4) is 0 Å². The fourth-order valence-electron chi connectivity index (χ4n) is 2.90. The molecule has 1 aliphatic heterocycles. The number of hydrogen-bond donors (Lipinski definition) is 1. The zero-order valence-electron chi connectivity index (χ0n) is 14.0. The summed E-state index contributed by atoms with van der Waals surface area (Å²) < 4.78 is 10.9. The predicted octanol–water partition coefficient (Wildman–Crippen LogP) is 3.15. The highest BCUT2D eigenvalue weighted by Gasteiger charge is 2.32. The number of anilines is 1. The summed E-state index contributed by atoms with van der Waals surface area (Å²) in [5, 5.41) is 2.86. The van der Waals surface area contributed by atoms with Gasteiger partial charge in [0.1, 0.15) is 24.0 Å². The van der Waals surface area contributed by atoms with E-state index in [9.17, 15) is 4.79 Å². The van der Waals surface area contributed by atoms with Crippen molar-refractivity contribution >= 4 is 11.7 Å². The maximum atomic E-state index is 12.6. The summed E-state index contributed by atoms with van der Waals surface area (Å²) in [5.41, 5.74) is 0.599. The average molecular weight is 330 g/mol. The molecule has 2 amide bonds. The van der Waals surface area contributed by atoms with Gasteiger partial charge >= 0.3 is 6.03 Å². The van der Waals surface area contributed by atoms with Crippen LogP contribution in [0, 0.1) is 0 Å². The van der Waals surface area contributed by atoms with E-state index in [1.54, 1.807) is 24.4 Å². The number of aryl methyl sites for hydroxylation is 1. The van der Waals surface area contributed by atoms with Crippen molar-refractivity contribution in [2.24, 2.45) is 0 Å². The SMILES string of the molecule is CCc1ncc(NC(=O)N2CCCC2c2ccc(COC)o2)cn1. The predicted molar refractivity (Wildman–Crippen MR) is 88.5 cm³/mol. The molecule has 7 heteroatoms. The number of carbonyl (C=O) groups excluding carboxylic acids is 1. The minimum Gasteiger partial charge on any atom is -0.461 e. The zero-order chi connectivity index (χ0) is 16.9. The number of methoxy groups -OCH3 is 1. The number of carbonyl (C=O) groups is 1. The molecule has 1 N–H and O–H groups in total. The van der Waals surface area contributed by atoms with Crippen LogP contribution in [0.15, 0.2) is 28.9 Å². The maximum Gasteiger partial charge on any atom is 0.322 e. The van der Waals surface area contributed by atoms with Crippen molar-refractivity contribution in [1.29, 1.82) is 0 Å². The third kappa shape index (κ3) is 3.56. The summed E-state index contributed by atoms with van der Waals surface area (Å²) in [4.78, 5) is 22.8. The number of amides is 2. The van der Waals surface area contributed by atoms with Gasteiger partial charge in [0.2, 0.25) is 0 Å². The monoisotopic (exact) mass is 330 g/mol. The Bertz CT molecular complexity index is 683. The third-order valence-corrected chi connectivity index (χ3v) is 4.08. The quantitative estimate of drug-likeness (QED) is 0.911. The molecule has 3 heterocycles. The first-order valence-corrected chi connectivity index (χ1v) is 8.17. The fourth-order valence-corrected chi connectivity index (χ4v) is 2.90. The van der Waals surface area contributed by atoms with E-state index in [2.05, 4.69) is 15.3 Å². The van der Waals surface area contributed by atoms with Crippen LogP contribution in [-0.2, 0) is 17.8 Å². The van der Waals surface area contributed by atoms with Crippen molar-refractivity contribution in [1.82, 2.24) is 14.9 Å². The first-order valence-electron chi connectivity index (χ1n) is 8.17. The molecule has 2 aromatic heterocycles. The molecule has 0 saturated carbocycles. The van der Waals surface area contributed by atoms with Gasteiger partial charge in [0.25, 0.3) is 0 Å². The third-order valence-electron chi connectivity index (χ3n) is 4.08. The second-order valence-corrected chi connectivity index (χ2v) is 5.76. The number of aromatic nitrogens is 2. The molecule has 0 radical (unpaired) electrons. The van der Waals surface area contributed by atoms with Crippen LogP contribution < -0.4 is 5.32 Å². The van der Waals surface area contributed by atoms with Gasteiger partial charge in [-0.05, 0) is 25.0 Å².